The number of benzene rings is 4. The number of fused-ring (bicyclic) bond motifs is 2. The lowest BCUT2D eigenvalue weighted by Crippen LogP contribution is -2.35. The summed E-state index contributed by atoms with van der Waals surface area (Å²) in [6.45, 7) is 50.5. The van der Waals surface area contributed by atoms with Crippen molar-refractivity contribution in [1.82, 2.24) is 0 Å². The molecule has 0 nitrogen and oxygen atoms in total. The number of hydrogen-bond acceptors (Lipinski definition) is 0. The van der Waals surface area contributed by atoms with E-state index in [2.05, 4.69) is 177 Å². The van der Waals surface area contributed by atoms with Crippen molar-refractivity contribution in [3.63, 3.8) is 0 Å². The standard InChI is InChI=1S/C125H188/c1-15-19-23-27-39-55-67-119-107(59-47-25-21-17-3)81-83-109(121(119)69-57-45-35-33-41-51-63-113-95(5)71-72-96(113)6)61-49-37-29-31-43-53-65-115-99(9)117-89-79-105(93-123(117)101(115)11)91-103-75-85-111(86-76-103)125(13,14)112-87-77-104(78-88-112)92-106-80-90-118-100(10)116(102(12)124(118)94-106)66-54-44-32-30-38-50-62-110-84-82-108(60-48-26-22-18-4)120(68-56-40-28-24-20-16-2)122(110)70-58-46-36-34-42-52-64-114-97(7)73-74-98(114)8/h71-80,85-90,93-94,107-110,113-116,119-122H,5-12,15-70,81-84,91-92H2,1-4,13-14H3. The lowest BCUT2D eigenvalue weighted by molar-refractivity contribution is 0.0581. The molecular weight excluding hydrogens is 1500 g/mol. The molecule has 2 saturated carbocycles. The van der Waals surface area contributed by atoms with Crippen molar-refractivity contribution < 1.29 is 0 Å². The highest BCUT2D eigenvalue weighted by atomic mass is 14.5. The molecule has 0 bridgehead atoms. The van der Waals surface area contributed by atoms with Gasteiger partial charge in [0.2, 0.25) is 0 Å². The molecule has 10 atom stereocenters. The van der Waals surface area contributed by atoms with Crippen LogP contribution in [0.3, 0.4) is 0 Å². The van der Waals surface area contributed by atoms with E-state index in [-0.39, 0.29) is 5.41 Å². The first-order valence-corrected chi connectivity index (χ1v) is 54.4. The van der Waals surface area contributed by atoms with Gasteiger partial charge in [-0.3, -0.25) is 0 Å². The van der Waals surface area contributed by atoms with Gasteiger partial charge >= 0.3 is 0 Å². The molecular formula is C125H188. The van der Waals surface area contributed by atoms with Gasteiger partial charge in [0.05, 0.1) is 0 Å². The molecule has 125 heavy (non-hydrogen) atoms. The van der Waals surface area contributed by atoms with E-state index < -0.39 is 0 Å². The minimum absolute atomic E-state index is 0.124. The molecule has 10 rings (SSSR count). The summed E-state index contributed by atoms with van der Waals surface area (Å²) in [7, 11) is 0. The molecule has 0 amide bonds. The minimum atomic E-state index is -0.124. The van der Waals surface area contributed by atoms with Crippen LogP contribution in [0, 0.1) is 71.0 Å². The topological polar surface area (TPSA) is 0 Å². The van der Waals surface area contributed by atoms with E-state index in [1.807, 2.05) is 0 Å². The Morgan fingerprint density at radius 3 is 0.696 bits per heavy atom. The van der Waals surface area contributed by atoms with Crippen LogP contribution in [0.2, 0.25) is 0 Å². The third-order valence-corrected chi connectivity index (χ3v) is 33.4. The summed E-state index contributed by atoms with van der Waals surface area (Å²) in [5.41, 5.74) is 23.7. The fraction of sp³-hybridized carbons (Fsp3) is 0.648. The van der Waals surface area contributed by atoms with Crippen LogP contribution in [-0.4, -0.2) is 0 Å². The molecule has 4 aromatic rings. The van der Waals surface area contributed by atoms with E-state index in [0.717, 1.165) is 60.2 Å². The maximum atomic E-state index is 4.78. The summed E-state index contributed by atoms with van der Waals surface area (Å²) in [5, 5.41) is 0. The van der Waals surface area contributed by atoms with Crippen molar-refractivity contribution in [2.45, 2.75) is 445 Å². The Morgan fingerprint density at radius 2 is 0.432 bits per heavy atom. The highest BCUT2D eigenvalue weighted by molar-refractivity contribution is 5.94. The van der Waals surface area contributed by atoms with Gasteiger partial charge in [-0.25, -0.2) is 0 Å². The molecule has 0 aromatic heterocycles. The van der Waals surface area contributed by atoms with Crippen LogP contribution in [0.5, 0.6) is 0 Å². The molecule has 4 aromatic carbocycles. The third kappa shape index (κ3) is 31.8. The Bertz CT molecular complexity index is 3640. The van der Waals surface area contributed by atoms with Crippen LogP contribution < -0.4 is 0 Å². The zero-order chi connectivity index (χ0) is 88.4. The summed E-state index contributed by atoms with van der Waals surface area (Å²) in [5.74, 6) is 9.50. The summed E-state index contributed by atoms with van der Waals surface area (Å²) in [6.07, 6.45) is 95.2. The maximum Gasteiger partial charge on any atom is 0.0146 e. The molecule has 6 aliphatic rings. The lowest BCUT2D eigenvalue weighted by atomic mass is 9.61. The van der Waals surface area contributed by atoms with Crippen molar-refractivity contribution in [2.75, 3.05) is 0 Å². The molecule has 0 heteroatoms. The molecule has 0 aliphatic heterocycles. The van der Waals surface area contributed by atoms with E-state index in [4.69, 9.17) is 26.3 Å². The summed E-state index contributed by atoms with van der Waals surface area (Å²) >= 11 is 0. The van der Waals surface area contributed by atoms with Crippen LogP contribution in [0.15, 0.2) is 184 Å². The molecule has 2 fully saturated rings. The zero-order valence-electron chi connectivity index (χ0n) is 82.3. The molecule has 0 N–H and O–H groups in total. The SMILES string of the molecule is C=C1C=CC(=C)C1CCCCCCCCC1C(CCCCCCCCC2C(=C)c3ccc(Cc4ccc(C(C)(C)c5ccc(Cc6ccc7c(c6)C(=C)C(CCCCCCCCC6CCC(CCCCCC)C(CCCCCCCC)C6CCCCCCCCC6C(=C)C=CC6=C)C7=C)cc5)cc4)cc3C2=C)CCC(CCCCCC)C1CCCCCCCC. The Morgan fingerprint density at radius 1 is 0.224 bits per heavy atom. The van der Waals surface area contributed by atoms with Gasteiger partial charge in [-0.2, -0.15) is 0 Å². The van der Waals surface area contributed by atoms with E-state index >= 15 is 0 Å². The van der Waals surface area contributed by atoms with Gasteiger partial charge in [0.25, 0.3) is 0 Å². The zero-order valence-corrected chi connectivity index (χ0v) is 82.3. The first-order valence-electron chi connectivity index (χ1n) is 54.4. The van der Waals surface area contributed by atoms with Crippen molar-refractivity contribution >= 4 is 22.3 Å². The van der Waals surface area contributed by atoms with E-state index in [9.17, 15) is 0 Å². The molecule has 0 radical (unpaired) electrons. The monoisotopic (exact) mass is 1690 g/mol. The summed E-state index contributed by atoms with van der Waals surface area (Å²) in [4.78, 5) is 0. The Kier molecular flexibility index (Phi) is 45.5. The van der Waals surface area contributed by atoms with Gasteiger partial charge in [-0.05, 0) is 237 Å². The van der Waals surface area contributed by atoms with E-state index in [1.165, 1.54) is 485 Å². The van der Waals surface area contributed by atoms with Gasteiger partial charge in [-0.15, -0.1) is 0 Å². The summed E-state index contributed by atoms with van der Waals surface area (Å²) in [6, 6.07) is 33.3. The molecule has 0 heterocycles. The van der Waals surface area contributed by atoms with Crippen molar-refractivity contribution in [1.29, 1.82) is 0 Å². The fourth-order valence-electron chi connectivity index (χ4n) is 25.3. The molecule has 0 saturated heterocycles. The average molecular weight is 1690 g/mol. The van der Waals surface area contributed by atoms with Gasteiger partial charge in [0.1, 0.15) is 0 Å². The average Bonchev–Trinajstić information content (AvgIpc) is 1.63. The van der Waals surface area contributed by atoms with E-state index in [1.54, 1.807) is 0 Å². The number of unbranched alkanes of at least 4 members (excludes halogenated alkanes) is 36. The smallest absolute Gasteiger partial charge is 0.0146 e. The van der Waals surface area contributed by atoms with Gasteiger partial charge in [0.15, 0.2) is 0 Å². The maximum absolute atomic E-state index is 4.78. The van der Waals surface area contributed by atoms with Gasteiger partial charge in [-0.1, -0.05) is 512 Å². The van der Waals surface area contributed by atoms with Crippen LogP contribution in [-0.2, 0) is 18.3 Å². The normalized spacial score (nSPS) is 21.6. The Labute approximate surface area is 773 Å². The fourth-order valence-corrected chi connectivity index (χ4v) is 25.3. The second kappa shape index (κ2) is 56.1. The first kappa shape index (κ1) is 101. The molecule has 10 unspecified atom stereocenters. The molecule has 688 valence electrons. The predicted octanol–water partition coefficient (Wildman–Crippen LogP) is 39.5. The first-order chi connectivity index (χ1) is 61.0. The molecule has 0 spiro atoms. The van der Waals surface area contributed by atoms with E-state index in [0.29, 0.717) is 23.7 Å². The van der Waals surface area contributed by atoms with Crippen molar-refractivity contribution in [3.05, 3.63) is 240 Å². The number of rotatable bonds is 66. The Balaban J connectivity index is 0.620. The predicted molar refractivity (Wildman–Crippen MR) is 556 cm³/mol. The van der Waals surface area contributed by atoms with Crippen LogP contribution in [0.4, 0.5) is 0 Å². The summed E-state index contributed by atoms with van der Waals surface area (Å²) < 4.78 is 0. The number of allylic oxidation sites excluding steroid dienone is 12. The lowest BCUT2D eigenvalue weighted by Gasteiger charge is -2.44. The van der Waals surface area contributed by atoms with Gasteiger partial charge < -0.3 is 0 Å². The van der Waals surface area contributed by atoms with Crippen LogP contribution >= 0.6 is 0 Å². The highest BCUT2D eigenvalue weighted by Gasteiger charge is 2.40. The third-order valence-electron chi connectivity index (χ3n) is 33.4. The van der Waals surface area contributed by atoms with Crippen molar-refractivity contribution in [2.24, 2.45) is 71.0 Å². The van der Waals surface area contributed by atoms with Crippen molar-refractivity contribution in [3.8, 4) is 0 Å². The number of hydrogen-bond donors (Lipinski definition) is 0. The minimum Gasteiger partial charge on any atom is -0.0952 e. The quantitative estimate of drug-likeness (QED) is 0.0387. The van der Waals surface area contributed by atoms with Crippen LogP contribution in [0.25, 0.3) is 22.3 Å². The van der Waals surface area contributed by atoms with Crippen LogP contribution in [0.1, 0.15) is 482 Å². The molecule has 6 aliphatic carbocycles. The Hall–Kier alpha value is -5.72. The van der Waals surface area contributed by atoms with Gasteiger partial charge in [0, 0.05) is 29.1 Å². The highest BCUT2D eigenvalue weighted by Crippen LogP contribution is 2.53. The second-order valence-electron chi connectivity index (χ2n) is 42.9. The second-order valence-corrected chi connectivity index (χ2v) is 42.9. The largest absolute Gasteiger partial charge is 0.0952 e.